The van der Waals surface area contributed by atoms with E-state index in [1.54, 1.807) is 18.2 Å². The topological polar surface area (TPSA) is 93.2 Å². The first kappa shape index (κ1) is 17.2. The van der Waals surface area contributed by atoms with Gasteiger partial charge in [-0.1, -0.05) is 12.8 Å². The molecule has 0 radical (unpaired) electrons. The molecule has 2 atom stereocenters. The van der Waals surface area contributed by atoms with Crippen molar-refractivity contribution in [1.82, 2.24) is 0 Å². The summed E-state index contributed by atoms with van der Waals surface area (Å²) in [6, 6.07) is 11.6. The molecular formula is C19H23FN4O. The third-order valence-corrected chi connectivity index (χ3v) is 4.58. The summed E-state index contributed by atoms with van der Waals surface area (Å²) in [6.45, 7) is 0. The molecule has 0 unspecified atom stereocenters. The smallest absolute Gasteiger partial charge is 0.250 e. The Hall–Kier alpha value is -2.60. The Morgan fingerprint density at radius 3 is 2.40 bits per heavy atom. The molecule has 132 valence electrons. The molecule has 25 heavy (non-hydrogen) atoms. The van der Waals surface area contributed by atoms with Gasteiger partial charge in [-0.25, -0.2) is 4.39 Å². The average Bonchev–Trinajstić information content (AvgIpc) is 2.59. The van der Waals surface area contributed by atoms with Gasteiger partial charge in [0.1, 0.15) is 5.82 Å². The predicted octanol–water partition coefficient (Wildman–Crippen LogP) is 3.35. The van der Waals surface area contributed by atoms with Crippen molar-refractivity contribution >= 4 is 23.0 Å². The van der Waals surface area contributed by atoms with Gasteiger partial charge in [0.25, 0.3) is 5.91 Å². The molecule has 0 aromatic heterocycles. The molecule has 0 spiro atoms. The highest BCUT2D eigenvalue weighted by Crippen LogP contribution is 2.27. The van der Waals surface area contributed by atoms with Crippen LogP contribution in [0.25, 0.3) is 0 Å². The maximum atomic E-state index is 13.1. The van der Waals surface area contributed by atoms with Crippen LogP contribution in [0.5, 0.6) is 0 Å². The molecule has 0 heterocycles. The van der Waals surface area contributed by atoms with Crippen molar-refractivity contribution < 1.29 is 9.18 Å². The van der Waals surface area contributed by atoms with Crippen molar-refractivity contribution in [1.29, 1.82) is 0 Å². The largest absolute Gasteiger partial charge is 0.381 e. The van der Waals surface area contributed by atoms with E-state index in [4.69, 9.17) is 11.5 Å². The molecule has 1 amide bonds. The molecular weight excluding hydrogens is 319 g/mol. The van der Waals surface area contributed by atoms with Gasteiger partial charge in [0, 0.05) is 23.5 Å². The summed E-state index contributed by atoms with van der Waals surface area (Å²) in [4.78, 5) is 11.7. The SMILES string of the molecule is NC(=O)c1ccc(N[C@@H]2CCCC[C@@H]2N)cc1Nc1ccc(F)cc1. The van der Waals surface area contributed by atoms with Gasteiger partial charge in [-0.05, 0) is 55.3 Å². The number of nitrogens with one attached hydrogen (secondary N) is 2. The number of nitrogens with two attached hydrogens (primary N) is 2. The van der Waals surface area contributed by atoms with Crippen molar-refractivity contribution in [3.8, 4) is 0 Å². The molecule has 3 rings (SSSR count). The Bertz CT molecular complexity index is 748. The molecule has 1 aliphatic rings. The van der Waals surface area contributed by atoms with Gasteiger partial charge < -0.3 is 22.1 Å². The van der Waals surface area contributed by atoms with E-state index < -0.39 is 5.91 Å². The number of carbonyl (C=O) groups is 1. The van der Waals surface area contributed by atoms with Crippen LogP contribution in [0.15, 0.2) is 42.5 Å². The predicted molar refractivity (Wildman–Crippen MR) is 98.5 cm³/mol. The molecule has 1 aliphatic carbocycles. The number of halogens is 1. The lowest BCUT2D eigenvalue weighted by atomic mass is 9.91. The number of amides is 1. The van der Waals surface area contributed by atoms with Crippen molar-refractivity contribution in [2.45, 2.75) is 37.8 Å². The Morgan fingerprint density at radius 1 is 1.04 bits per heavy atom. The van der Waals surface area contributed by atoms with Crippen LogP contribution in [0.2, 0.25) is 0 Å². The van der Waals surface area contributed by atoms with Crippen molar-refractivity contribution in [2.24, 2.45) is 11.5 Å². The average molecular weight is 342 g/mol. The van der Waals surface area contributed by atoms with Crippen LogP contribution >= 0.6 is 0 Å². The number of hydrogen-bond donors (Lipinski definition) is 4. The van der Waals surface area contributed by atoms with Gasteiger partial charge in [0.2, 0.25) is 0 Å². The minimum Gasteiger partial charge on any atom is -0.381 e. The Balaban J connectivity index is 1.83. The highest BCUT2D eigenvalue weighted by atomic mass is 19.1. The van der Waals surface area contributed by atoms with E-state index in [2.05, 4.69) is 10.6 Å². The van der Waals surface area contributed by atoms with Crippen LogP contribution in [0.1, 0.15) is 36.0 Å². The van der Waals surface area contributed by atoms with E-state index in [0.29, 0.717) is 16.9 Å². The molecule has 1 fully saturated rings. The summed E-state index contributed by atoms with van der Waals surface area (Å²) in [7, 11) is 0. The maximum absolute atomic E-state index is 13.1. The number of hydrogen-bond acceptors (Lipinski definition) is 4. The Labute approximate surface area is 146 Å². The highest BCUT2D eigenvalue weighted by molar-refractivity contribution is 6.00. The zero-order chi connectivity index (χ0) is 17.8. The van der Waals surface area contributed by atoms with Crippen LogP contribution in [0, 0.1) is 5.82 Å². The molecule has 0 bridgehead atoms. The lowest BCUT2D eigenvalue weighted by molar-refractivity contribution is 0.100. The third kappa shape index (κ3) is 4.28. The number of rotatable bonds is 5. The van der Waals surface area contributed by atoms with Gasteiger partial charge in [-0.2, -0.15) is 0 Å². The third-order valence-electron chi connectivity index (χ3n) is 4.58. The summed E-state index contributed by atoms with van der Waals surface area (Å²) in [6.07, 6.45) is 4.36. The molecule has 1 saturated carbocycles. The van der Waals surface area contributed by atoms with Gasteiger partial charge >= 0.3 is 0 Å². The summed E-state index contributed by atoms with van der Waals surface area (Å²) in [5.74, 6) is -0.840. The molecule has 6 heteroatoms. The molecule has 2 aromatic rings. The Kier molecular flexibility index (Phi) is 5.19. The van der Waals surface area contributed by atoms with E-state index in [0.717, 1.165) is 31.4 Å². The molecule has 5 nitrogen and oxygen atoms in total. The highest BCUT2D eigenvalue weighted by Gasteiger charge is 2.22. The summed E-state index contributed by atoms with van der Waals surface area (Å²) in [5.41, 5.74) is 14.2. The number of carbonyl (C=O) groups excluding carboxylic acids is 1. The summed E-state index contributed by atoms with van der Waals surface area (Å²) in [5, 5.41) is 6.59. The first-order chi connectivity index (χ1) is 12.0. The molecule has 2 aromatic carbocycles. The van der Waals surface area contributed by atoms with E-state index in [-0.39, 0.29) is 17.9 Å². The minimum atomic E-state index is -0.523. The van der Waals surface area contributed by atoms with E-state index in [1.165, 1.54) is 12.1 Å². The lowest BCUT2D eigenvalue weighted by Gasteiger charge is -2.30. The second kappa shape index (κ2) is 7.53. The second-order valence-electron chi connectivity index (χ2n) is 6.46. The number of anilines is 3. The fourth-order valence-corrected chi connectivity index (χ4v) is 3.19. The van der Waals surface area contributed by atoms with E-state index >= 15 is 0 Å². The van der Waals surface area contributed by atoms with Gasteiger partial charge in [0.05, 0.1) is 11.3 Å². The van der Waals surface area contributed by atoms with Crippen LogP contribution in [-0.4, -0.2) is 18.0 Å². The van der Waals surface area contributed by atoms with Gasteiger partial charge in [-0.3, -0.25) is 4.79 Å². The zero-order valence-electron chi connectivity index (χ0n) is 14.0. The number of benzene rings is 2. The van der Waals surface area contributed by atoms with Crippen LogP contribution in [0.4, 0.5) is 21.5 Å². The van der Waals surface area contributed by atoms with Gasteiger partial charge in [-0.15, -0.1) is 0 Å². The second-order valence-corrected chi connectivity index (χ2v) is 6.46. The zero-order valence-corrected chi connectivity index (χ0v) is 14.0. The lowest BCUT2D eigenvalue weighted by Crippen LogP contribution is -2.42. The minimum absolute atomic E-state index is 0.123. The van der Waals surface area contributed by atoms with E-state index in [1.807, 2.05) is 12.1 Å². The number of primary amides is 1. The quantitative estimate of drug-likeness (QED) is 0.670. The summed E-state index contributed by atoms with van der Waals surface area (Å²) < 4.78 is 13.1. The van der Waals surface area contributed by atoms with Crippen LogP contribution in [0.3, 0.4) is 0 Å². The van der Waals surface area contributed by atoms with Crippen molar-refractivity contribution in [3.63, 3.8) is 0 Å². The van der Waals surface area contributed by atoms with Crippen molar-refractivity contribution in [3.05, 3.63) is 53.8 Å². The Morgan fingerprint density at radius 2 is 1.72 bits per heavy atom. The standard InChI is InChI=1S/C19H23FN4O/c20-12-5-7-13(8-6-12)23-18-11-14(9-10-15(18)19(22)25)24-17-4-2-1-3-16(17)21/h5-11,16-17,23-24H,1-4,21H2,(H2,22,25)/t16-,17+/m0/s1. The van der Waals surface area contributed by atoms with Crippen LogP contribution < -0.4 is 22.1 Å². The van der Waals surface area contributed by atoms with Crippen LogP contribution in [-0.2, 0) is 0 Å². The maximum Gasteiger partial charge on any atom is 0.250 e. The first-order valence-corrected chi connectivity index (χ1v) is 8.51. The molecule has 0 saturated heterocycles. The first-order valence-electron chi connectivity index (χ1n) is 8.51. The molecule has 6 N–H and O–H groups in total. The fraction of sp³-hybridized carbons (Fsp3) is 0.316. The van der Waals surface area contributed by atoms with Gasteiger partial charge in [0.15, 0.2) is 0 Å². The fourth-order valence-electron chi connectivity index (χ4n) is 3.19. The normalized spacial score (nSPS) is 20.1. The summed E-state index contributed by atoms with van der Waals surface area (Å²) >= 11 is 0. The molecule has 0 aliphatic heterocycles. The monoisotopic (exact) mass is 342 g/mol. The van der Waals surface area contributed by atoms with E-state index in [9.17, 15) is 9.18 Å². The van der Waals surface area contributed by atoms with Crippen molar-refractivity contribution in [2.75, 3.05) is 10.6 Å².